The second-order valence-electron chi connectivity index (χ2n) is 4.62. The lowest BCUT2D eigenvalue weighted by Gasteiger charge is -2.17. The summed E-state index contributed by atoms with van der Waals surface area (Å²) in [7, 11) is 1.55. The lowest BCUT2D eigenvalue weighted by atomic mass is 10.3. The molecule has 0 spiro atoms. The predicted molar refractivity (Wildman–Crippen MR) is 82.6 cm³/mol. The Morgan fingerprint density at radius 3 is 2.48 bits per heavy atom. The van der Waals surface area contributed by atoms with Crippen molar-refractivity contribution in [2.75, 3.05) is 38.6 Å². The van der Waals surface area contributed by atoms with Crippen molar-refractivity contribution in [3.8, 4) is 5.88 Å². The molecule has 7 heteroatoms. The molecule has 0 aliphatic carbocycles. The van der Waals surface area contributed by atoms with E-state index in [2.05, 4.69) is 44.2 Å². The molecule has 21 heavy (non-hydrogen) atoms. The van der Waals surface area contributed by atoms with Gasteiger partial charge in [-0.25, -0.2) is 9.97 Å². The van der Waals surface area contributed by atoms with Gasteiger partial charge in [-0.15, -0.1) is 10.2 Å². The molecule has 114 valence electrons. The fraction of sp³-hybridized carbons (Fsp3) is 0.571. The molecular formula is C14H22N6O. The highest BCUT2D eigenvalue weighted by atomic mass is 16.5. The van der Waals surface area contributed by atoms with Gasteiger partial charge in [-0.05, 0) is 26.1 Å². The van der Waals surface area contributed by atoms with E-state index >= 15 is 0 Å². The van der Waals surface area contributed by atoms with Crippen LogP contribution in [0.5, 0.6) is 5.88 Å². The Morgan fingerprint density at radius 2 is 1.81 bits per heavy atom. The molecule has 7 nitrogen and oxygen atoms in total. The van der Waals surface area contributed by atoms with Gasteiger partial charge >= 0.3 is 0 Å². The van der Waals surface area contributed by atoms with Crippen LogP contribution in [-0.2, 0) is 0 Å². The van der Waals surface area contributed by atoms with Gasteiger partial charge in [0.25, 0.3) is 5.88 Å². The second-order valence-corrected chi connectivity index (χ2v) is 4.62. The predicted octanol–water partition coefficient (Wildman–Crippen LogP) is 1.57. The standard InChI is InChI=1S/C14H22N6O/c1-4-20(5-2)10-6-7-17-13-11-12(16-9-8-15-11)14(21-3)19-18-13/h8-9H,4-7,10H2,1-3H3,(H,17,18). The molecule has 1 N–H and O–H groups in total. The first-order chi connectivity index (χ1) is 10.3. The highest BCUT2D eigenvalue weighted by molar-refractivity contribution is 5.87. The first-order valence-corrected chi connectivity index (χ1v) is 7.27. The van der Waals surface area contributed by atoms with E-state index in [4.69, 9.17) is 4.74 Å². The van der Waals surface area contributed by atoms with Crippen LogP contribution in [0, 0.1) is 0 Å². The van der Waals surface area contributed by atoms with Gasteiger partial charge in [0, 0.05) is 18.9 Å². The summed E-state index contributed by atoms with van der Waals surface area (Å²) in [5, 5.41) is 11.4. The normalized spacial score (nSPS) is 11.0. The molecule has 2 rings (SSSR count). The number of rotatable bonds is 8. The molecule has 0 unspecified atom stereocenters. The topological polar surface area (TPSA) is 76.1 Å². The minimum atomic E-state index is 0.395. The molecule has 2 heterocycles. The minimum Gasteiger partial charge on any atom is -0.478 e. The smallest absolute Gasteiger partial charge is 0.261 e. The van der Waals surface area contributed by atoms with E-state index in [-0.39, 0.29) is 0 Å². The zero-order chi connectivity index (χ0) is 15.1. The Bertz CT molecular complexity index is 572. The van der Waals surface area contributed by atoms with Crippen LogP contribution >= 0.6 is 0 Å². The Hall–Kier alpha value is -2.02. The average molecular weight is 290 g/mol. The molecular weight excluding hydrogens is 268 g/mol. The van der Waals surface area contributed by atoms with E-state index in [1.165, 1.54) is 0 Å². The minimum absolute atomic E-state index is 0.395. The maximum absolute atomic E-state index is 5.16. The van der Waals surface area contributed by atoms with Crippen molar-refractivity contribution in [1.82, 2.24) is 25.1 Å². The molecule has 0 bridgehead atoms. The van der Waals surface area contributed by atoms with E-state index in [0.717, 1.165) is 32.6 Å². The van der Waals surface area contributed by atoms with E-state index < -0.39 is 0 Å². The quantitative estimate of drug-likeness (QED) is 0.739. The van der Waals surface area contributed by atoms with Crippen molar-refractivity contribution < 1.29 is 4.74 Å². The van der Waals surface area contributed by atoms with Gasteiger partial charge in [0.2, 0.25) is 0 Å². The number of hydrogen-bond acceptors (Lipinski definition) is 7. The van der Waals surface area contributed by atoms with Crippen molar-refractivity contribution in [1.29, 1.82) is 0 Å². The summed E-state index contributed by atoms with van der Waals surface area (Å²) in [5.41, 5.74) is 1.31. The number of methoxy groups -OCH3 is 1. The van der Waals surface area contributed by atoms with Crippen molar-refractivity contribution in [3.05, 3.63) is 12.4 Å². The third-order valence-corrected chi connectivity index (χ3v) is 3.40. The van der Waals surface area contributed by atoms with Crippen LogP contribution in [0.4, 0.5) is 5.82 Å². The number of aromatic nitrogens is 4. The van der Waals surface area contributed by atoms with Crippen LogP contribution < -0.4 is 10.1 Å². The van der Waals surface area contributed by atoms with Crippen LogP contribution in [0.2, 0.25) is 0 Å². The van der Waals surface area contributed by atoms with Gasteiger partial charge < -0.3 is 15.0 Å². The monoisotopic (exact) mass is 290 g/mol. The highest BCUT2D eigenvalue weighted by Gasteiger charge is 2.11. The molecule has 0 saturated carbocycles. The maximum Gasteiger partial charge on any atom is 0.261 e. The van der Waals surface area contributed by atoms with Crippen LogP contribution in [-0.4, -0.2) is 58.4 Å². The largest absolute Gasteiger partial charge is 0.478 e. The van der Waals surface area contributed by atoms with E-state index in [9.17, 15) is 0 Å². The van der Waals surface area contributed by atoms with Gasteiger partial charge in [0.1, 0.15) is 5.52 Å². The van der Waals surface area contributed by atoms with Crippen molar-refractivity contribution in [2.24, 2.45) is 0 Å². The number of hydrogen-bond donors (Lipinski definition) is 1. The zero-order valence-electron chi connectivity index (χ0n) is 12.8. The molecule has 2 aromatic heterocycles. The van der Waals surface area contributed by atoms with Crippen molar-refractivity contribution in [2.45, 2.75) is 20.3 Å². The first-order valence-electron chi connectivity index (χ1n) is 7.27. The fourth-order valence-corrected chi connectivity index (χ4v) is 2.16. The summed E-state index contributed by atoms with van der Waals surface area (Å²) in [6.45, 7) is 8.39. The SMILES string of the molecule is CCN(CC)CCCNc1nnc(OC)c2nccnc12. The highest BCUT2D eigenvalue weighted by Crippen LogP contribution is 2.22. The summed E-state index contributed by atoms with van der Waals surface area (Å²) in [5.74, 6) is 1.05. The van der Waals surface area contributed by atoms with Crippen LogP contribution in [0.15, 0.2) is 12.4 Å². The molecule has 0 aromatic carbocycles. The van der Waals surface area contributed by atoms with Crippen LogP contribution in [0.3, 0.4) is 0 Å². The lowest BCUT2D eigenvalue weighted by molar-refractivity contribution is 0.303. The fourth-order valence-electron chi connectivity index (χ4n) is 2.16. The van der Waals surface area contributed by atoms with Crippen LogP contribution in [0.1, 0.15) is 20.3 Å². The number of anilines is 1. The maximum atomic E-state index is 5.16. The molecule has 0 fully saturated rings. The second kappa shape index (κ2) is 7.68. The number of nitrogens with one attached hydrogen (secondary N) is 1. The molecule has 2 aromatic rings. The third-order valence-electron chi connectivity index (χ3n) is 3.40. The van der Waals surface area contributed by atoms with Gasteiger partial charge in [0.15, 0.2) is 11.3 Å². The lowest BCUT2D eigenvalue weighted by Crippen LogP contribution is -2.25. The van der Waals surface area contributed by atoms with E-state index in [0.29, 0.717) is 22.7 Å². The Morgan fingerprint density at radius 1 is 1.10 bits per heavy atom. The Labute approximate surface area is 124 Å². The zero-order valence-corrected chi connectivity index (χ0v) is 12.8. The summed E-state index contributed by atoms with van der Waals surface area (Å²) in [6.07, 6.45) is 4.30. The average Bonchev–Trinajstić information content (AvgIpc) is 2.55. The number of nitrogens with zero attached hydrogens (tertiary/aromatic N) is 5. The van der Waals surface area contributed by atoms with Crippen molar-refractivity contribution in [3.63, 3.8) is 0 Å². The molecule has 0 radical (unpaired) electrons. The Balaban J connectivity index is 2.02. The molecule has 0 saturated heterocycles. The Kier molecular flexibility index (Phi) is 5.62. The van der Waals surface area contributed by atoms with Gasteiger partial charge in [0.05, 0.1) is 7.11 Å². The van der Waals surface area contributed by atoms with Crippen LogP contribution in [0.25, 0.3) is 11.0 Å². The van der Waals surface area contributed by atoms with Crippen molar-refractivity contribution >= 4 is 16.9 Å². The van der Waals surface area contributed by atoms with Gasteiger partial charge in [-0.3, -0.25) is 0 Å². The first kappa shape index (κ1) is 15.4. The van der Waals surface area contributed by atoms with Gasteiger partial charge in [-0.1, -0.05) is 13.8 Å². The number of fused-ring (bicyclic) bond motifs is 1. The summed E-state index contributed by atoms with van der Waals surface area (Å²) in [4.78, 5) is 11.0. The van der Waals surface area contributed by atoms with E-state index in [1.54, 1.807) is 19.5 Å². The molecule has 0 aliphatic heterocycles. The molecule has 0 aliphatic rings. The third kappa shape index (κ3) is 3.75. The summed E-state index contributed by atoms with van der Waals surface area (Å²) in [6, 6.07) is 0. The summed E-state index contributed by atoms with van der Waals surface area (Å²) < 4.78 is 5.16. The summed E-state index contributed by atoms with van der Waals surface area (Å²) >= 11 is 0. The van der Waals surface area contributed by atoms with E-state index in [1.807, 2.05) is 0 Å². The van der Waals surface area contributed by atoms with Gasteiger partial charge in [-0.2, -0.15) is 0 Å². The number of ether oxygens (including phenoxy) is 1. The molecule has 0 amide bonds. The molecule has 0 atom stereocenters.